The van der Waals surface area contributed by atoms with Gasteiger partial charge in [0.25, 0.3) is 10.0 Å². The van der Waals surface area contributed by atoms with Crippen molar-refractivity contribution in [3.8, 4) is 0 Å². The van der Waals surface area contributed by atoms with E-state index in [1.807, 2.05) is 30.3 Å². The van der Waals surface area contributed by atoms with Crippen molar-refractivity contribution in [1.82, 2.24) is 0 Å². The van der Waals surface area contributed by atoms with E-state index >= 15 is 0 Å². The van der Waals surface area contributed by atoms with E-state index in [-0.39, 0.29) is 6.54 Å². The van der Waals surface area contributed by atoms with Gasteiger partial charge in [-0.2, -0.15) is 0 Å². The van der Waals surface area contributed by atoms with Gasteiger partial charge in [0.1, 0.15) is 5.82 Å². The number of nitrogens with one attached hydrogen (secondary N) is 1. The normalized spacial score (nSPS) is 16.5. The van der Waals surface area contributed by atoms with E-state index < -0.39 is 26.5 Å². The van der Waals surface area contributed by atoms with Crippen molar-refractivity contribution in [2.45, 2.75) is 6.54 Å². The molecule has 3 aromatic rings. The Kier molecular flexibility index (Phi) is 4.90. The molecule has 3 aromatic carbocycles. The van der Waals surface area contributed by atoms with Gasteiger partial charge in [-0.05, 0) is 35.9 Å². The topological polar surface area (TPSA) is 66.5 Å². The number of anilines is 2. The summed E-state index contributed by atoms with van der Waals surface area (Å²) in [7, 11) is -4.12. The van der Waals surface area contributed by atoms with Gasteiger partial charge in [0.15, 0.2) is 4.91 Å². The minimum Gasteiger partial charge on any atom is -0.360 e. The second-order valence-corrected chi connectivity index (χ2v) is 8.34. The van der Waals surface area contributed by atoms with Gasteiger partial charge in [0.05, 0.1) is 12.2 Å². The summed E-state index contributed by atoms with van der Waals surface area (Å²) in [5.41, 5.74) is 1.77. The maximum atomic E-state index is 13.4. The zero-order valence-electron chi connectivity index (χ0n) is 15.2. The molecule has 0 bridgehead atoms. The third-order valence-corrected chi connectivity index (χ3v) is 6.34. The zero-order chi connectivity index (χ0) is 20.4. The van der Waals surface area contributed by atoms with Crippen LogP contribution in [0.2, 0.25) is 0 Å². The Morgan fingerprint density at radius 1 is 0.931 bits per heavy atom. The number of nitrogens with zero attached hydrogens (tertiary/aromatic N) is 1. The molecule has 5 nitrogen and oxygen atoms in total. The van der Waals surface area contributed by atoms with E-state index in [4.69, 9.17) is 0 Å². The lowest BCUT2D eigenvalue weighted by Gasteiger charge is -2.31. The summed E-state index contributed by atoms with van der Waals surface area (Å²) >= 11 is 0. The Morgan fingerprint density at radius 3 is 2.41 bits per heavy atom. The molecule has 0 saturated heterocycles. The van der Waals surface area contributed by atoms with Crippen molar-refractivity contribution < 1.29 is 17.6 Å². The smallest absolute Gasteiger partial charge is 0.270 e. The summed E-state index contributed by atoms with van der Waals surface area (Å²) in [6.07, 6.45) is 1.13. The summed E-state index contributed by atoms with van der Waals surface area (Å²) in [6, 6.07) is 21.3. The second-order valence-electron chi connectivity index (χ2n) is 6.51. The number of ketones is 1. The Hall–Kier alpha value is -3.45. The van der Waals surface area contributed by atoms with Gasteiger partial charge in [0, 0.05) is 17.5 Å². The Bertz CT molecular complexity index is 1210. The number of hydrogen-bond acceptors (Lipinski definition) is 4. The molecular formula is C22H17FN2O3S. The highest BCUT2D eigenvalue weighted by atomic mass is 32.2. The van der Waals surface area contributed by atoms with Crippen LogP contribution in [0.3, 0.4) is 0 Å². The van der Waals surface area contributed by atoms with E-state index in [2.05, 4.69) is 5.32 Å². The molecule has 1 aliphatic rings. The molecule has 7 heteroatoms. The number of halogens is 1. The van der Waals surface area contributed by atoms with Crippen molar-refractivity contribution >= 4 is 27.2 Å². The Balaban J connectivity index is 1.78. The van der Waals surface area contributed by atoms with Gasteiger partial charge in [-0.1, -0.05) is 48.5 Å². The van der Waals surface area contributed by atoms with E-state index in [0.29, 0.717) is 16.9 Å². The number of para-hydroxylation sites is 1. The molecule has 0 atom stereocenters. The first-order valence-corrected chi connectivity index (χ1v) is 10.3. The van der Waals surface area contributed by atoms with E-state index in [0.717, 1.165) is 11.8 Å². The zero-order valence-corrected chi connectivity index (χ0v) is 16.1. The van der Waals surface area contributed by atoms with Gasteiger partial charge in [-0.3, -0.25) is 9.10 Å². The summed E-state index contributed by atoms with van der Waals surface area (Å²) in [5, 5.41) is 2.73. The van der Waals surface area contributed by atoms with Crippen LogP contribution in [0.4, 0.5) is 15.8 Å². The molecule has 0 fully saturated rings. The fourth-order valence-electron chi connectivity index (χ4n) is 3.17. The fraction of sp³-hybridized carbons (Fsp3) is 0.0455. The van der Waals surface area contributed by atoms with Crippen LogP contribution in [-0.2, 0) is 16.6 Å². The highest BCUT2D eigenvalue weighted by Gasteiger charge is 2.39. The number of fused-ring (bicyclic) bond motifs is 1. The molecule has 1 aliphatic heterocycles. The molecule has 4 rings (SSSR count). The fourth-order valence-corrected chi connectivity index (χ4v) is 4.69. The maximum Gasteiger partial charge on any atom is 0.270 e. The van der Waals surface area contributed by atoms with E-state index in [1.54, 1.807) is 30.3 Å². The Labute approximate surface area is 168 Å². The molecule has 1 N–H and O–H groups in total. The average Bonchev–Trinajstić information content (AvgIpc) is 2.72. The third kappa shape index (κ3) is 3.64. The number of sulfonamides is 1. The van der Waals surface area contributed by atoms with Crippen molar-refractivity contribution in [3.63, 3.8) is 0 Å². The SMILES string of the molecule is O=C1/C(=C\Nc2cccc(F)c2)S(=O)(=O)N(Cc2ccccc2)c2ccccc21. The maximum absolute atomic E-state index is 13.4. The van der Waals surface area contributed by atoms with Crippen molar-refractivity contribution in [2.75, 3.05) is 9.62 Å². The number of carbonyl (C=O) groups is 1. The number of Topliss-reactive ketones (excluding diaryl/α,β-unsaturated/α-hetero) is 1. The number of rotatable bonds is 4. The van der Waals surface area contributed by atoms with Gasteiger partial charge >= 0.3 is 0 Å². The van der Waals surface area contributed by atoms with Gasteiger partial charge in [-0.15, -0.1) is 0 Å². The monoisotopic (exact) mass is 408 g/mol. The predicted molar refractivity (Wildman–Crippen MR) is 110 cm³/mol. The van der Waals surface area contributed by atoms with Crippen LogP contribution in [0, 0.1) is 5.82 Å². The van der Waals surface area contributed by atoms with Crippen LogP contribution >= 0.6 is 0 Å². The molecule has 0 radical (unpaired) electrons. The highest BCUT2D eigenvalue weighted by molar-refractivity contribution is 7.97. The first-order chi connectivity index (χ1) is 14.0. The van der Waals surface area contributed by atoms with Crippen molar-refractivity contribution in [3.05, 3.63) is 107 Å². The van der Waals surface area contributed by atoms with Gasteiger partial charge in [-0.25, -0.2) is 12.8 Å². The van der Waals surface area contributed by atoms with Crippen molar-refractivity contribution in [2.24, 2.45) is 0 Å². The van der Waals surface area contributed by atoms with Crippen LogP contribution in [0.1, 0.15) is 15.9 Å². The average molecular weight is 408 g/mol. The molecule has 29 heavy (non-hydrogen) atoms. The van der Waals surface area contributed by atoms with E-state index in [9.17, 15) is 17.6 Å². The molecule has 0 aliphatic carbocycles. The highest BCUT2D eigenvalue weighted by Crippen LogP contribution is 2.36. The number of allylic oxidation sites excluding steroid dienone is 1. The predicted octanol–water partition coefficient (Wildman–Crippen LogP) is 4.31. The minimum absolute atomic E-state index is 0.0881. The second kappa shape index (κ2) is 7.52. The molecule has 0 aromatic heterocycles. The summed E-state index contributed by atoms with van der Waals surface area (Å²) in [6.45, 7) is 0.0881. The molecule has 0 unspecified atom stereocenters. The number of hydrogen-bond donors (Lipinski definition) is 1. The van der Waals surface area contributed by atoms with Gasteiger partial charge in [0.2, 0.25) is 5.78 Å². The minimum atomic E-state index is -4.12. The summed E-state index contributed by atoms with van der Waals surface area (Å²) < 4.78 is 41.2. The van der Waals surface area contributed by atoms with Crippen LogP contribution in [0.5, 0.6) is 0 Å². The van der Waals surface area contributed by atoms with Crippen LogP contribution in [0.15, 0.2) is 90.0 Å². The van der Waals surface area contributed by atoms with E-state index in [1.165, 1.54) is 22.5 Å². The first-order valence-electron chi connectivity index (χ1n) is 8.89. The summed E-state index contributed by atoms with van der Waals surface area (Å²) in [5.74, 6) is -1.07. The molecule has 0 spiro atoms. The quantitative estimate of drug-likeness (QED) is 0.653. The van der Waals surface area contributed by atoms with Gasteiger partial charge < -0.3 is 5.32 Å². The molecular weight excluding hydrogens is 391 g/mol. The summed E-state index contributed by atoms with van der Waals surface area (Å²) in [4.78, 5) is 12.5. The van der Waals surface area contributed by atoms with Crippen LogP contribution in [0.25, 0.3) is 0 Å². The van der Waals surface area contributed by atoms with Crippen LogP contribution in [-0.4, -0.2) is 14.2 Å². The standard InChI is InChI=1S/C22H17FN2O3S/c23-17-9-6-10-18(13-17)24-14-21-22(26)19-11-4-5-12-20(19)25(29(21,27)28)15-16-7-2-1-3-8-16/h1-14,24H,15H2/b21-14+. The lowest BCUT2D eigenvalue weighted by Crippen LogP contribution is -2.39. The third-order valence-electron chi connectivity index (χ3n) is 4.57. The van der Waals surface area contributed by atoms with Crippen LogP contribution < -0.4 is 9.62 Å². The number of benzene rings is 3. The number of carbonyl (C=O) groups excluding carboxylic acids is 1. The van der Waals surface area contributed by atoms with Crippen molar-refractivity contribution in [1.29, 1.82) is 0 Å². The largest absolute Gasteiger partial charge is 0.360 e. The molecule has 1 heterocycles. The molecule has 0 amide bonds. The molecule has 146 valence electrons. The first kappa shape index (κ1) is 18.9. The lowest BCUT2D eigenvalue weighted by atomic mass is 10.1. The molecule has 0 saturated carbocycles. The lowest BCUT2D eigenvalue weighted by molar-refractivity contribution is 0.104. The Morgan fingerprint density at radius 2 is 1.66 bits per heavy atom.